The molecular weight excluding hydrogens is 304 g/mol. The Labute approximate surface area is 113 Å². The van der Waals surface area contributed by atoms with Crippen LogP contribution in [-0.2, 0) is 6.54 Å². The van der Waals surface area contributed by atoms with Gasteiger partial charge in [-0.1, -0.05) is 11.6 Å². The highest BCUT2D eigenvalue weighted by molar-refractivity contribution is 9.10. The van der Waals surface area contributed by atoms with Crippen molar-refractivity contribution in [2.24, 2.45) is 5.73 Å². The molecule has 0 aliphatic rings. The molecule has 0 bridgehead atoms. The molecule has 0 fully saturated rings. The first-order valence-electron chi connectivity index (χ1n) is 4.96. The molecule has 88 valence electrons. The molecule has 0 saturated heterocycles. The van der Waals surface area contributed by atoms with E-state index in [-0.39, 0.29) is 0 Å². The van der Waals surface area contributed by atoms with E-state index >= 15 is 0 Å². The van der Waals surface area contributed by atoms with Gasteiger partial charge in [0.1, 0.15) is 11.5 Å². The van der Waals surface area contributed by atoms with Crippen LogP contribution in [0, 0.1) is 0 Å². The number of nitrogens with two attached hydrogens (primary N) is 1. The van der Waals surface area contributed by atoms with Crippen LogP contribution in [0.3, 0.4) is 0 Å². The van der Waals surface area contributed by atoms with Gasteiger partial charge in [-0.15, -0.1) is 0 Å². The van der Waals surface area contributed by atoms with Crippen LogP contribution in [0.1, 0.15) is 5.56 Å². The van der Waals surface area contributed by atoms with Crippen LogP contribution in [0.5, 0.6) is 11.5 Å². The normalized spacial score (nSPS) is 10.3. The van der Waals surface area contributed by atoms with Crippen molar-refractivity contribution in [2.45, 2.75) is 6.54 Å². The Morgan fingerprint density at radius 1 is 1.29 bits per heavy atom. The van der Waals surface area contributed by atoms with E-state index in [1.54, 1.807) is 30.6 Å². The van der Waals surface area contributed by atoms with E-state index in [1.165, 1.54) is 0 Å². The average molecular weight is 314 g/mol. The first kappa shape index (κ1) is 12.4. The molecule has 3 nitrogen and oxygen atoms in total. The fourth-order valence-corrected chi connectivity index (χ4v) is 2.08. The van der Waals surface area contributed by atoms with Crippen molar-refractivity contribution < 1.29 is 4.74 Å². The molecule has 0 spiro atoms. The van der Waals surface area contributed by atoms with Gasteiger partial charge in [-0.3, -0.25) is 4.98 Å². The first-order chi connectivity index (χ1) is 8.19. The highest BCUT2D eigenvalue weighted by atomic mass is 79.9. The van der Waals surface area contributed by atoms with Crippen molar-refractivity contribution in [3.63, 3.8) is 0 Å². The van der Waals surface area contributed by atoms with E-state index in [9.17, 15) is 0 Å². The summed E-state index contributed by atoms with van der Waals surface area (Å²) >= 11 is 9.24. The molecule has 2 rings (SSSR count). The minimum absolute atomic E-state index is 0.436. The second-order valence-electron chi connectivity index (χ2n) is 3.41. The Morgan fingerprint density at radius 3 is 2.82 bits per heavy atom. The number of aromatic nitrogens is 1. The van der Waals surface area contributed by atoms with E-state index < -0.39 is 0 Å². The standard InChI is InChI=1S/C12H10BrClN2O/c13-11-4-9(14)1-2-12(11)17-10-3-8(5-15)6-16-7-10/h1-4,6-7H,5,15H2. The van der Waals surface area contributed by atoms with Crippen LogP contribution >= 0.6 is 27.5 Å². The molecule has 2 aromatic rings. The summed E-state index contributed by atoms with van der Waals surface area (Å²) in [6, 6.07) is 7.19. The fraction of sp³-hybridized carbons (Fsp3) is 0.0833. The molecule has 0 unspecified atom stereocenters. The molecular formula is C12H10BrClN2O. The van der Waals surface area contributed by atoms with E-state index in [2.05, 4.69) is 20.9 Å². The van der Waals surface area contributed by atoms with E-state index in [4.69, 9.17) is 22.1 Å². The second-order valence-corrected chi connectivity index (χ2v) is 4.70. The molecule has 0 amide bonds. The monoisotopic (exact) mass is 312 g/mol. The summed E-state index contributed by atoms with van der Waals surface area (Å²) in [4.78, 5) is 4.05. The van der Waals surface area contributed by atoms with Crippen LogP contribution in [-0.4, -0.2) is 4.98 Å². The lowest BCUT2D eigenvalue weighted by molar-refractivity contribution is 0.476. The van der Waals surface area contributed by atoms with Gasteiger partial charge in [0.05, 0.1) is 10.7 Å². The topological polar surface area (TPSA) is 48.1 Å². The van der Waals surface area contributed by atoms with Crippen LogP contribution in [0.15, 0.2) is 41.1 Å². The zero-order chi connectivity index (χ0) is 12.3. The molecule has 1 aromatic heterocycles. The van der Waals surface area contributed by atoms with Crippen molar-refractivity contribution in [2.75, 3.05) is 0 Å². The lowest BCUT2D eigenvalue weighted by atomic mass is 10.3. The number of rotatable bonds is 3. The van der Waals surface area contributed by atoms with E-state index in [0.29, 0.717) is 23.1 Å². The van der Waals surface area contributed by atoms with Crippen molar-refractivity contribution in [3.05, 3.63) is 51.7 Å². The second kappa shape index (κ2) is 5.49. The summed E-state index contributed by atoms with van der Waals surface area (Å²) in [7, 11) is 0. The van der Waals surface area contributed by atoms with Crippen LogP contribution in [0.2, 0.25) is 5.02 Å². The summed E-state index contributed by atoms with van der Waals surface area (Å²) in [5.41, 5.74) is 6.46. The maximum Gasteiger partial charge on any atom is 0.146 e. The average Bonchev–Trinajstić information content (AvgIpc) is 2.33. The maximum absolute atomic E-state index is 5.85. The Balaban J connectivity index is 2.25. The molecule has 1 heterocycles. The fourth-order valence-electron chi connectivity index (χ4n) is 1.32. The van der Waals surface area contributed by atoms with Crippen molar-refractivity contribution in [1.82, 2.24) is 4.98 Å². The number of hydrogen-bond acceptors (Lipinski definition) is 3. The van der Waals surface area contributed by atoms with Gasteiger partial charge < -0.3 is 10.5 Å². The van der Waals surface area contributed by atoms with Crippen LogP contribution in [0.25, 0.3) is 0 Å². The number of nitrogens with zero attached hydrogens (tertiary/aromatic N) is 1. The van der Waals surface area contributed by atoms with Crippen molar-refractivity contribution >= 4 is 27.5 Å². The predicted molar refractivity (Wildman–Crippen MR) is 71.4 cm³/mol. The zero-order valence-corrected chi connectivity index (χ0v) is 11.2. The molecule has 5 heteroatoms. The maximum atomic E-state index is 5.85. The van der Waals surface area contributed by atoms with Crippen LogP contribution in [0.4, 0.5) is 0 Å². The highest BCUT2D eigenvalue weighted by Crippen LogP contribution is 2.31. The quantitative estimate of drug-likeness (QED) is 0.939. The zero-order valence-electron chi connectivity index (χ0n) is 8.86. The number of pyridine rings is 1. The van der Waals surface area contributed by atoms with Crippen molar-refractivity contribution in [3.8, 4) is 11.5 Å². The van der Waals surface area contributed by atoms with Gasteiger partial charge in [0.2, 0.25) is 0 Å². The van der Waals surface area contributed by atoms with Gasteiger partial charge in [0.25, 0.3) is 0 Å². The Kier molecular flexibility index (Phi) is 3.99. The van der Waals surface area contributed by atoms with Gasteiger partial charge in [-0.2, -0.15) is 0 Å². The Bertz CT molecular complexity index is 534. The summed E-state index contributed by atoms with van der Waals surface area (Å²) < 4.78 is 6.48. The van der Waals surface area contributed by atoms with Gasteiger partial charge in [0.15, 0.2) is 0 Å². The SMILES string of the molecule is NCc1cncc(Oc2ccc(Cl)cc2Br)c1. The first-order valence-corrected chi connectivity index (χ1v) is 6.13. The number of benzene rings is 1. The minimum Gasteiger partial charge on any atom is -0.455 e. The third kappa shape index (κ3) is 3.19. The summed E-state index contributed by atoms with van der Waals surface area (Å²) in [5, 5.41) is 0.651. The third-order valence-electron chi connectivity index (χ3n) is 2.13. The lowest BCUT2D eigenvalue weighted by Gasteiger charge is -2.08. The number of halogens is 2. The minimum atomic E-state index is 0.436. The van der Waals surface area contributed by atoms with Gasteiger partial charge in [-0.25, -0.2) is 0 Å². The lowest BCUT2D eigenvalue weighted by Crippen LogP contribution is -1.97. The third-order valence-corrected chi connectivity index (χ3v) is 2.98. The summed E-state index contributed by atoms with van der Waals surface area (Å²) in [5.74, 6) is 1.33. The van der Waals surface area contributed by atoms with Crippen molar-refractivity contribution in [1.29, 1.82) is 0 Å². The largest absolute Gasteiger partial charge is 0.455 e. The molecule has 0 radical (unpaired) electrons. The number of ether oxygens (including phenoxy) is 1. The summed E-state index contributed by atoms with van der Waals surface area (Å²) in [6.07, 6.45) is 3.35. The van der Waals surface area contributed by atoms with Gasteiger partial charge in [-0.05, 0) is 45.8 Å². The smallest absolute Gasteiger partial charge is 0.146 e. The Morgan fingerprint density at radius 2 is 2.12 bits per heavy atom. The molecule has 0 aliphatic heterocycles. The Hall–Kier alpha value is -1.10. The highest BCUT2D eigenvalue weighted by Gasteiger charge is 2.04. The molecule has 1 aromatic carbocycles. The molecule has 2 N–H and O–H groups in total. The molecule has 0 aliphatic carbocycles. The molecule has 17 heavy (non-hydrogen) atoms. The van der Waals surface area contributed by atoms with E-state index in [1.807, 2.05) is 6.07 Å². The van der Waals surface area contributed by atoms with Crippen LogP contribution < -0.4 is 10.5 Å². The van der Waals surface area contributed by atoms with Gasteiger partial charge >= 0.3 is 0 Å². The molecule has 0 saturated carbocycles. The number of hydrogen-bond donors (Lipinski definition) is 1. The van der Waals surface area contributed by atoms with E-state index in [0.717, 1.165) is 10.0 Å². The summed E-state index contributed by atoms with van der Waals surface area (Å²) in [6.45, 7) is 0.436. The van der Waals surface area contributed by atoms with Gasteiger partial charge in [0, 0.05) is 17.8 Å². The predicted octanol–water partition coefficient (Wildman–Crippen LogP) is 3.75. The molecule has 0 atom stereocenters.